The van der Waals surface area contributed by atoms with Crippen LogP contribution < -0.4 is 5.32 Å². The Balaban J connectivity index is 2.17. The van der Waals surface area contributed by atoms with Gasteiger partial charge in [-0.2, -0.15) is 8.78 Å². The first kappa shape index (κ1) is 17.0. The van der Waals surface area contributed by atoms with Crippen molar-refractivity contribution < 1.29 is 26.5 Å². The highest BCUT2D eigenvalue weighted by molar-refractivity contribution is 7.87. The van der Waals surface area contributed by atoms with Crippen molar-refractivity contribution in [2.75, 3.05) is 0 Å². The molecule has 0 heterocycles. The van der Waals surface area contributed by atoms with Crippen LogP contribution in [-0.2, 0) is 21.5 Å². The molecular formula is C15H12F2NO4S-. The van der Waals surface area contributed by atoms with Gasteiger partial charge >= 0.3 is 11.2 Å². The van der Waals surface area contributed by atoms with Gasteiger partial charge in [-0.05, 0) is 34.0 Å². The lowest BCUT2D eigenvalue weighted by Gasteiger charge is -2.19. The van der Waals surface area contributed by atoms with E-state index in [-0.39, 0.29) is 6.54 Å². The van der Waals surface area contributed by atoms with Gasteiger partial charge < -0.3 is 9.87 Å². The molecule has 23 heavy (non-hydrogen) atoms. The largest absolute Gasteiger partial charge is 0.743 e. The molecular weight excluding hydrogens is 328 g/mol. The van der Waals surface area contributed by atoms with Crippen molar-refractivity contribution in [1.82, 2.24) is 5.32 Å². The summed E-state index contributed by atoms with van der Waals surface area (Å²) in [4.78, 5) is 11.2. The SMILES string of the molecule is C=Cc1ccc2cc(CNC(=O)C(F)(F)S(=O)(=O)[O-])ccc2c1. The second kappa shape index (κ2) is 6.05. The molecule has 2 aromatic carbocycles. The second-order valence-corrected chi connectivity index (χ2v) is 6.22. The zero-order valence-electron chi connectivity index (χ0n) is 11.8. The Morgan fingerprint density at radius 1 is 1.22 bits per heavy atom. The van der Waals surface area contributed by atoms with E-state index in [0.29, 0.717) is 5.56 Å². The summed E-state index contributed by atoms with van der Waals surface area (Å²) < 4.78 is 57.2. The molecule has 1 amide bonds. The van der Waals surface area contributed by atoms with Gasteiger partial charge in [-0.3, -0.25) is 4.79 Å². The van der Waals surface area contributed by atoms with E-state index >= 15 is 0 Å². The molecule has 1 N–H and O–H groups in total. The first-order valence-electron chi connectivity index (χ1n) is 6.42. The van der Waals surface area contributed by atoms with Gasteiger partial charge in [0.25, 0.3) is 0 Å². The van der Waals surface area contributed by atoms with Crippen LogP contribution in [0.25, 0.3) is 16.8 Å². The van der Waals surface area contributed by atoms with Crippen LogP contribution in [0.2, 0.25) is 0 Å². The Morgan fingerprint density at radius 3 is 2.43 bits per heavy atom. The topological polar surface area (TPSA) is 86.3 Å². The summed E-state index contributed by atoms with van der Waals surface area (Å²) in [7, 11) is -6.05. The molecule has 8 heteroatoms. The zero-order chi connectivity index (χ0) is 17.3. The van der Waals surface area contributed by atoms with Crippen molar-refractivity contribution >= 4 is 32.9 Å². The van der Waals surface area contributed by atoms with Crippen molar-refractivity contribution in [3.8, 4) is 0 Å². The van der Waals surface area contributed by atoms with Crippen LogP contribution in [0.1, 0.15) is 11.1 Å². The molecule has 0 radical (unpaired) electrons. The standard InChI is InChI=1S/C15H13F2NO4S/c1-2-10-3-5-13-8-11(4-6-12(13)7-10)9-18-14(19)15(16,17)23(20,21)22/h2-8H,1,9H2,(H,18,19)(H,20,21,22)/p-1. The fourth-order valence-corrected chi connectivity index (χ4v) is 2.25. The molecule has 0 saturated heterocycles. The fourth-order valence-electron chi connectivity index (χ4n) is 1.95. The summed E-state index contributed by atoms with van der Waals surface area (Å²) in [5.41, 5.74) is 1.40. The number of rotatable bonds is 5. The van der Waals surface area contributed by atoms with Crippen molar-refractivity contribution in [2.24, 2.45) is 0 Å². The third-order valence-corrected chi connectivity index (χ3v) is 4.01. The summed E-state index contributed by atoms with van der Waals surface area (Å²) in [5, 5.41) is -1.54. The van der Waals surface area contributed by atoms with Crippen molar-refractivity contribution in [1.29, 1.82) is 0 Å². The monoisotopic (exact) mass is 340 g/mol. The number of carbonyl (C=O) groups is 1. The third kappa shape index (κ3) is 3.54. The Kier molecular flexibility index (Phi) is 4.49. The molecule has 0 aliphatic rings. The van der Waals surface area contributed by atoms with E-state index in [1.54, 1.807) is 35.7 Å². The number of benzene rings is 2. The zero-order valence-corrected chi connectivity index (χ0v) is 12.6. The van der Waals surface area contributed by atoms with Gasteiger partial charge in [0.1, 0.15) is 0 Å². The molecule has 0 unspecified atom stereocenters. The summed E-state index contributed by atoms with van der Waals surface area (Å²) in [6, 6.07) is 10.5. The Bertz CT molecular complexity index is 878. The smallest absolute Gasteiger partial charge is 0.410 e. The van der Waals surface area contributed by atoms with Crippen molar-refractivity contribution in [3.63, 3.8) is 0 Å². The van der Waals surface area contributed by atoms with Gasteiger partial charge in [-0.15, -0.1) is 0 Å². The Labute approximate surface area is 131 Å². The summed E-state index contributed by atoms with van der Waals surface area (Å²) >= 11 is 0. The minimum atomic E-state index is -6.05. The molecule has 0 aliphatic heterocycles. The average molecular weight is 340 g/mol. The minimum absolute atomic E-state index is 0.330. The number of fused-ring (bicyclic) bond motifs is 1. The lowest BCUT2D eigenvalue weighted by Crippen LogP contribution is -2.45. The number of alkyl halides is 2. The van der Waals surface area contributed by atoms with E-state index < -0.39 is 21.3 Å². The van der Waals surface area contributed by atoms with Gasteiger partial charge in [0.2, 0.25) is 0 Å². The number of hydrogen-bond acceptors (Lipinski definition) is 4. The molecule has 0 aliphatic carbocycles. The lowest BCUT2D eigenvalue weighted by atomic mass is 10.0. The van der Waals surface area contributed by atoms with E-state index in [0.717, 1.165) is 16.3 Å². The minimum Gasteiger partial charge on any atom is -0.743 e. The predicted octanol–water partition coefficient (Wildman–Crippen LogP) is 2.24. The van der Waals surface area contributed by atoms with E-state index in [1.807, 2.05) is 12.1 Å². The maximum atomic E-state index is 13.0. The van der Waals surface area contributed by atoms with Gasteiger partial charge in [-0.1, -0.05) is 36.9 Å². The van der Waals surface area contributed by atoms with E-state index in [1.165, 1.54) is 0 Å². The molecule has 0 aromatic heterocycles. The fraction of sp³-hybridized carbons (Fsp3) is 0.133. The quantitative estimate of drug-likeness (QED) is 0.846. The molecule has 2 aromatic rings. The van der Waals surface area contributed by atoms with E-state index in [9.17, 15) is 26.5 Å². The highest BCUT2D eigenvalue weighted by Gasteiger charge is 2.46. The van der Waals surface area contributed by atoms with Gasteiger partial charge in [0.15, 0.2) is 10.1 Å². The van der Waals surface area contributed by atoms with Crippen LogP contribution in [0.3, 0.4) is 0 Å². The second-order valence-electron chi connectivity index (χ2n) is 4.80. The molecule has 0 fully saturated rings. The van der Waals surface area contributed by atoms with Gasteiger partial charge in [-0.25, -0.2) is 8.42 Å². The van der Waals surface area contributed by atoms with Crippen LogP contribution in [-0.4, -0.2) is 24.1 Å². The third-order valence-electron chi connectivity index (χ3n) is 3.20. The lowest BCUT2D eigenvalue weighted by molar-refractivity contribution is -0.136. The number of carbonyl (C=O) groups excluding carboxylic acids is 1. The average Bonchev–Trinajstić information content (AvgIpc) is 2.50. The molecule has 0 bridgehead atoms. The predicted molar refractivity (Wildman–Crippen MR) is 80.5 cm³/mol. The molecule has 0 spiro atoms. The normalized spacial score (nSPS) is 12.1. The Morgan fingerprint density at radius 2 is 1.83 bits per heavy atom. The van der Waals surface area contributed by atoms with Crippen molar-refractivity contribution in [3.05, 3.63) is 54.1 Å². The number of nitrogens with one attached hydrogen (secondary N) is 1. The highest BCUT2D eigenvalue weighted by atomic mass is 32.2. The molecule has 2 rings (SSSR count). The molecule has 0 atom stereocenters. The number of hydrogen-bond donors (Lipinski definition) is 1. The van der Waals surface area contributed by atoms with Crippen molar-refractivity contribution in [2.45, 2.75) is 11.8 Å². The van der Waals surface area contributed by atoms with Crippen LogP contribution in [0.15, 0.2) is 43.0 Å². The van der Waals surface area contributed by atoms with Gasteiger partial charge in [0, 0.05) is 6.54 Å². The van der Waals surface area contributed by atoms with E-state index in [4.69, 9.17) is 0 Å². The number of amides is 1. The van der Waals surface area contributed by atoms with Gasteiger partial charge in [0.05, 0.1) is 0 Å². The maximum Gasteiger partial charge on any atom is 0.410 e. The van der Waals surface area contributed by atoms with E-state index in [2.05, 4.69) is 6.58 Å². The highest BCUT2D eigenvalue weighted by Crippen LogP contribution is 2.21. The summed E-state index contributed by atoms with van der Waals surface area (Å²) in [5.74, 6) is -2.14. The van der Waals surface area contributed by atoms with Crippen LogP contribution in [0, 0.1) is 0 Å². The number of halogens is 2. The van der Waals surface area contributed by atoms with Crippen LogP contribution >= 0.6 is 0 Å². The maximum absolute atomic E-state index is 13.0. The summed E-state index contributed by atoms with van der Waals surface area (Å²) in [6.45, 7) is 3.32. The van der Waals surface area contributed by atoms with Crippen LogP contribution in [0.5, 0.6) is 0 Å². The Hall–Kier alpha value is -2.32. The molecule has 0 saturated carbocycles. The van der Waals surface area contributed by atoms with Crippen LogP contribution in [0.4, 0.5) is 8.78 Å². The molecule has 5 nitrogen and oxygen atoms in total. The first-order valence-corrected chi connectivity index (χ1v) is 7.82. The molecule has 122 valence electrons. The first-order chi connectivity index (χ1) is 10.6. The summed E-state index contributed by atoms with van der Waals surface area (Å²) in [6.07, 6.45) is 1.68.